The molecule has 3 rings (SSSR count). The van der Waals surface area contributed by atoms with E-state index in [9.17, 15) is 9.59 Å². The third-order valence-corrected chi connectivity index (χ3v) is 6.14. The summed E-state index contributed by atoms with van der Waals surface area (Å²) in [4.78, 5) is 28.0. The third kappa shape index (κ3) is 3.95. The monoisotopic (exact) mass is 432 g/mol. The number of halogens is 1. The van der Waals surface area contributed by atoms with Crippen LogP contribution in [-0.4, -0.2) is 43.9 Å². The van der Waals surface area contributed by atoms with Crippen molar-refractivity contribution in [3.05, 3.63) is 51.8 Å². The number of rotatable bonds is 6. The van der Waals surface area contributed by atoms with E-state index in [4.69, 9.17) is 16.3 Å². The van der Waals surface area contributed by atoms with Gasteiger partial charge in [0.2, 0.25) is 0 Å². The SMILES string of the molecule is COC(=O)c1c(C)[nH]c(C(=O)[C@H](C)Sc2nnc(-c3ccccc3Cl)n2C)c1C. The molecule has 29 heavy (non-hydrogen) atoms. The van der Waals surface area contributed by atoms with Crippen molar-refractivity contribution in [3.63, 3.8) is 0 Å². The minimum atomic E-state index is -0.465. The fourth-order valence-corrected chi connectivity index (χ4v) is 4.21. The Balaban J connectivity index is 1.85. The number of aromatic nitrogens is 4. The van der Waals surface area contributed by atoms with Crippen LogP contribution in [0, 0.1) is 13.8 Å². The average Bonchev–Trinajstić information content (AvgIpc) is 3.20. The first-order valence-corrected chi connectivity index (χ1v) is 10.1. The van der Waals surface area contributed by atoms with Crippen LogP contribution in [0.15, 0.2) is 29.4 Å². The molecule has 0 radical (unpaired) electrons. The summed E-state index contributed by atoms with van der Waals surface area (Å²) in [6, 6.07) is 7.39. The predicted octanol–water partition coefficient (Wildman–Crippen LogP) is 4.23. The summed E-state index contributed by atoms with van der Waals surface area (Å²) in [6.07, 6.45) is 0. The summed E-state index contributed by atoms with van der Waals surface area (Å²) >= 11 is 7.56. The number of aromatic amines is 1. The average molecular weight is 433 g/mol. The van der Waals surface area contributed by atoms with Crippen LogP contribution >= 0.6 is 23.4 Å². The van der Waals surface area contributed by atoms with Crippen LogP contribution in [0.3, 0.4) is 0 Å². The number of methoxy groups -OCH3 is 1. The number of carbonyl (C=O) groups excluding carboxylic acids is 2. The van der Waals surface area contributed by atoms with E-state index in [0.29, 0.717) is 38.5 Å². The van der Waals surface area contributed by atoms with E-state index >= 15 is 0 Å². The van der Waals surface area contributed by atoms with E-state index in [1.165, 1.54) is 18.9 Å². The number of nitrogens with one attached hydrogen (secondary N) is 1. The summed E-state index contributed by atoms with van der Waals surface area (Å²) in [5, 5.41) is 9.17. The van der Waals surface area contributed by atoms with Crippen molar-refractivity contribution in [1.29, 1.82) is 0 Å². The first-order chi connectivity index (χ1) is 13.8. The number of Topliss-reactive ketones (excluding diaryl/α,β-unsaturated/α-hetero) is 1. The lowest BCUT2D eigenvalue weighted by Gasteiger charge is -2.10. The van der Waals surface area contributed by atoms with E-state index in [1.807, 2.05) is 29.8 Å². The topological polar surface area (TPSA) is 89.9 Å². The Morgan fingerprint density at radius 3 is 2.59 bits per heavy atom. The molecule has 3 aromatic rings. The van der Waals surface area contributed by atoms with Gasteiger partial charge in [-0.25, -0.2) is 4.79 Å². The molecule has 0 bridgehead atoms. The summed E-state index contributed by atoms with van der Waals surface area (Å²) in [5.41, 5.74) is 2.76. The molecule has 0 amide bonds. The van der Waals surface area contributed by atoms with Crippen LogP contribution in [0.1, 0.15) is 39.0 Å². The Hall–Kier alpha value is -2.58. The van der Waals surface area contributed by atoms with Gasteiger partial charge in [-0.1, -0.05) is 35.5 Å². The minimum absolute atomic E-state index is 0.131. The smallest absolute Gasteiger partial charge is 0.339 e. The number of aryl methyl sites for hydroxylation is 1. The highest BCUT2D eigenvalue weighted by atomic mass is 35.5. The van der Waals surface area contributed by atoms with E-state index < -0.39 is 11.2 Å². The fourth-order valence-electron chi connectivity index (χ4n) is 3.11. The Morgan fingerprint density at radius 2 is 1.93 bits per heavy atom. The highest BCUT2D eigenvalue weighted by Gasteiger charge is 2.27. The summed E-state index contributed by atoms with van der Waals surface area (Å²) in [6.45, 7) is 5.27. The standard InChI is InChI=1S/C20H21ClN4O3S/c1-10-15(19(27)28-5)11(2)22-16(10)17(26)12(3)29-20-24-23-18(25(20)4)13-8-6-7-9-14(13)21/h6-9,12,22H,1-5H3/t12-/m0/s1. The van der Waals surface area contributed by atoms with Crippen LogP contribution in [-0.2, 0) is 11.8 Å². The molecule has 9 heteroatoms. The van der Waals surface area contributed by atoms with Gasteiger partial charge in [0, 0.05) is 18.3 Å². The number of benzene rings is 1. The second-order valence-corrected chi connectivity index (χ2v) is 8.30. The quantitative estimate of drug-likeness (QED) is 0.356. The lowest BCUT2D eigenvalue weighted by Crippen LogP contribution is -2.16. The highest BCUT2D eigenvalue weighted by Crippen LogP contribution is 2.31. The second-order valence-electron chi connectivity index (χ2n) is 6.59. The fraction of sp³-hybridized carbons (Fsp3) is 0.300. The molecule has 1 aromatic carbocycles. The van der Waals surface area contributed by atoms with E-state index in [2.05, 4.69) is 15.2 Å². The lowest BCUT2D eigenvalue weighted by atomic mass is 10.1. The number of nitrogens with zero attached hydrogens (tertiary/aromatic N) is 3. The van der Waals surface area contributed by atoms with Gasteiger partial charge in [0.15, 0.2) is 16.8 Å². The normalized spacial score (nSPS) is 12.1. The molecule has 0 aliphatic rings. The maximum Gasteiger partial charge on any atom is 0.339 e. The van der Waals surface area contributed by atoms with Crippen molar-refractivity contribution in [2.24, 2.45) is 7.05 Å². The van der Waals surface area contributed by atoms with Crippen molar-refractivity contribution in [2.75, 3.05) is 7.11 Å². The van der Waals surface area contributed by atoms with Crippen molar-refractivity contribution < 1.29 is 14.3 Å². The summed E-state index contributed by atoms with van der Waals surface area (Å²) in [7, 11) is 3.15. The maximum absolute atomic E-state index is 13.0. The molecule has 2 aromatic heterocycles. The van der Waals surface area contributed by atoms with Crippen LogP contribution in [0.2, 0.25) is 5.02 Å². The van der Waals surface area contributed by atoms with E-state index in [1.54, 1.807) is 26.8 Å². The zero-order valence-electron chi connectivity index (χ0n) is 16.7. The zero-order valence-corrected chi connectivity index (χ0v) is 18.3. The van der Waals surface area contributed by atoms with Crippen LogP contribution in [0.5, 0.6) is 0 Å². The molecule has 0 aliphatic heterocycles. The summed E-state index contributed by atoms with van der Waals surface area (Å²) in [5.74, 6) is 0.0268. The largest absolute Gasteiger partial charge is 0.465 e. The minimum Gasteiger partial charge on any atom is -0.465 e. The molecule has 152 valence electrons. The molecule has 7 nitrogen and oxygen atoms in total. The lowest BCUT2D eigenvalue weighted by molar-refractivity contribution is 0.0599. The molecule has 0 unspecified atom stereocenters. The Bertz CT molecular complexity index is 1090. The van der Waals surface area contributed by atoms with Gasteiger partial charge in [0.05, 0.1) is 28.6 Å². The highest BCUT2D eigenvalue weighted by molar-refractivity contribution is 8.00. The summed E-state index contributed by atoms with van der Waals surface area (Å²) < 4.78 is 6.62. The van der Waals surface area contributed by atoms with Crippen molar-refractivity contribution in [1.82, 2.24) is 19.7 Å². The number of esters is 1. The molecule has 0 spiro atoms. The van der Waals surface area contributed by atoms with Crippen LogP contribution in [0.25, 0.3) is 11.4 Å². The van der Waals surface area contributed by atoms with Gasteiger partial charge < -0.3 is 14.3 Å². The van der Waals surface area contributed by atoms with Gasteiger partial charge in [-0.15, -0.1) is 10.2 Å². The van der Waals surface area contributed by atoms with Gasteiger partial charge in [0.25, 0.3) is 0 Å². The first kappa shape index (κ1) is 21.1. The van der Waals surface area contributed by atoms with Gasteiger partial charge in [-0.3, -0.25) is 4.79 Å². The molecule has 0 saturated heterocycles. The van der Waals surface area contributed by atoms with E-state index in [-0.39, 0.29) is 5.78 Å². The number of H-pyrrole nitrogens is 1. The first-order valence-electron chi connectivity index (χ1n) is 8.88. The molecule has 0 aliphatic carbocycles. The molecular formula is C20H21ClN4O3S. The Kier molecular flexibility index (Phi) is 6.14. The number of ether oxygens (including phenoxy) is 1. The molecule has 0 fully saturated rings. The molecular weight excluding hydrogens is 412 g/mol. The molecule has 1 N–H and O–H groups in total. The Labute approximate surface area is 177 Å². The van der Waals surface area contributed by atoms with E-state index in [0.717, 1.165) is 5.56 Å². The van der Waals surface area contributed by atoms with Crippen molar-refractivity contribution in [3.8, 4) is 11.4 Å². The second kappa shape index (κ2) is 8.42. The van der Waals surface area contributed by atoms with Gasteiger partial charge >= 0.3 is 5.97 Å². The van der Waals surface area contributed by atoms with Crippen LogP contribution in [0.4, 0.5) is 0 Å². The molecule has 1 atom stereocenters. The van der Waals surface area contributed by atoms with Crippen LogP contribution < -0.4 is 0 Å². The third-order valence-electron chi connectivity index (χ3n) is 4.67. The van der Waals surface area contributed by atoms with Gasteiger partial charge in [-0.2, -0.15) is 0 Å². The number of ketones is 1. The zero-order chi connectivity index (χ0) is 21.3. The molecule has 0 saturated carbocycles. The van der Waals surface area contributed by atoms with Gasteiger partial charge in [-0.05, 0) is 38.5 Å². The Morgan fingerprint density at radius 1 is 1.24 bits per heavy atom. The predicted molar refractivity (Wildman–Crippen MR) is 113 cm³/mol. The van der Waals surface area contributed by atoms with Gasteiger partial charge in [0.1, 0.15) is 0 Å². The van der Waals surface area contributed by atoms with Crippen molar-refractivity contribution >= 4 is 35.1 Å². The number of carbonyl (C=O) groups is 2. The number of thioether (sulfide) groups is 1. The van der Waals surface area contributed by atoms with Crippen molar-refractivity contribution in [2.45, 2.75) is 31.2 Å². The molecule has 2 heterocycles. The number of hydrogen-bond donors (Lipinski definition) is 1. The maximum atomic E-state index is 13.0. The number of hydrogen-bond acceptors (Lipinski definition) is 6.